The van der Waals surface area contributed by atoms with Crippen molar-refractivity contribution in [3.8, 4) is 6.07 Å². The molecule has 5 rings (SSSR count). The van der Waals surface area contributed by atoms with Crippen molar-refractivity contribution in [2.75, 3.05) is 0 Å². The van der Waals surface area contributed by atoms with Gasteiger partial charge in [-0.3, -0.25) is 9.59 Å². The zero-order valence-corrected chi connectivity index (χ0v) is 24.8. The first-order valence-electron chi connectivity index (χ1n) is 14.9. The standard InChI is InChI=1S/C33H49NO3/c1-10-32(16-13-27(3,4)14-17-32)18-15-29(7)21(2)22(35)19-24-30(29,8)12-11-23-28(5,6)25(36)33(20-34)26(37-33)31(23,24)9/h19,21,23,26H,10-18H2,1-9H3/t21?,23-,26+,29+,30+,31-,33-/m0/s1. The number of ketones is 2. The quantitative estimate of drug-likeness (QED) is 0.367. The molecule has 4 heteroatoms. The van der Waals surface area contributed by atoms with Gasteiger partial charge in [0.2, 0.25) is 5.60 Å². The summed E-state index contributed by atoms with van der Waals surface area (Å²) in [5.41, 5.74) is -0.871. The first-order valence-corrected chi connectivity index (χ1v) is 14.9. The van der Waals surface area contributed by atoms with Gasteiger partial charge < -0.3 is 4.74 Å². The third kappa shape index (κ3) is 3.28. The van der Waals surface area contributed by atoms with Crippen molar-refractivity contribution in [2.45, 2.75) is 132 Å². The summed E-state index contributed by atoms with van der Waals surface area (Å²) >= 11 is 0. The number of allylic oxidation sites excluding steroid dienone is 1. The highest BCUT2D eigenvalue weighted by molar-refractivity contribution is 6.00. The molecule has 0 amide bonds. The van der Waals surface area contributed by atoms with Crippen molar-refractivity contribution in [3.63, 3.8) is 0 Å². The fourth-order valence-corrected chi connectivity index (χ4v) is 9.95. The molecule has 4 aliphatic carbocycles. The van der Waals surface area contributed by atoms with Crippen molar-refractivity contribution in [1.82, 2.24) is 0 Å². The van der Waals surface area contributed by atoms with Crippen molar-refractivity contribution in [1.29, 1.82) is 5.26 Å². The molecule has 204 valence electrons. The van der Waals surface area contributed by atoms with Crippen LogP contribution in [-0.2, 0) is 14.3 Å². The minimum atomic E-state index is -1.35. The summed E-state index contributed by atoms with van der Waals surface area (Å²) in [4.78, 5) is 27.2. The monoisotopic (exact) mass is 507 g/mol. The maximum atomic E-state index is 13.8. The van der Waals surface area contributed by atoms with E-state index in [9.17, 15) is 14.9 Å². The van der Waals surface area contributed by atoms with Gasteiger partial charge in [-0.1, -0.05) is 74.3 Å². The van der Waals surface area contributed by atoms with E-state index in [2.05, 4.69) is 54.5 Å². The molecular weight excluding hydrogens is 458 g/mol. The molecule has 4 nitrogen and oxygen atoms in total. The van der Waals surface area contributed by atoms with Crippen molar-refractivity contribution < 1.29 is 14.3 Å². The molecule has 7 atom stereocenters. The molecule has 0 spiro atoms. The van der Waals surface area contributed by atoms with Crippen LogP contribution in [0.4, 0.5) is 0 Å². The third-order valence-electron chi connectivity index (χ3n) is 13.5. The molecule has 1 heterocycles. The second-order valence-electron chi connectivity index (χ2n) is 15.7. The Balaban J connectivity index is 1.54. The van der Waals surface area contributed by atoms with E-state index in [0.29, 0.717) is 10.8 Å². The Labute approximate surface area is 225 Å². The number of Topliss-reactive ketones (excluding diaryl/α,β-unsaturated/α-hetero) is 1. The number of rotatable bonds is 4. The highest BCUT2D eigenvalue weighted by Crippen LogP contribution is 2.75. The molecule has 1 unspecified atom stereocenters. The number of carbonyl (C=O) groups excluding carboxylic acids is 2. The Kier molecular flexibility index (Phi) is 5.72. The van der Waals surface area contributed by atoms with Crippen LogP contribution in [0.5, 0.6) is 0 Å². The Morgan fingerprint density at radius 3 is 2.16 bits per heavy atom. The second-order valence-corrected chi connectivity index (χ2v) is 15.7. The van der Waals surface area contributed by atoms with Gasteiger partial charge in [0, 0.05) is 16.7 Å². The lowest BCUT2D eigenvalue weighted by atomic mass is 9.37. The number of nitrogens with zero attached hydrogens (tertiary/aromatic N) is 1. The normalized spacial score (nSPS) is 47.1. The second kappa shape index (κ2) is 7.80. The van der Waals surface area contributed by atoms with Gasteiger partial charge in [-0.05, 0) is 85.0 Å². The van der Waals surface area contributed by atoms with Crippen molar-refractivity contribution in [3.05, 3.63) is 11.6 Å². The van der Waals surface area contributed by atoms with E-state index < -0.39 is 22.5 Å². The predicted molar refractivity (Wildman–Crippen MR) is 146 cm³/mol. The lowest BCUT2D eigenvalue weighted by Crippen LogP contribution is -2.64. The number of nitriles is 1. The van der Waals surface area contributed by atoms with E-state index in [1.165, 1.54) is 44.1 Å². The lowest BCUT2D eigenvalue weighted by Gasteiger charge is -2.65. The Morgan fingerprint density at radius 2 is 1.59 bits per heavy atom. The largest absolute Gasteiger partial charge is 0.342 e. The van der Waals surface area contributed by atoms with E-state index in [-0.39, 0.29) is 34.2 Å². The van der Waals surface area contributed by atoms with E-state index in [1.807, 2.05) is 19.9 Å². The van der Waals surface area contributed by atoms with Crippen LogP contribution in [0.1, 0.15) is 120 Å². The molecule has 1 aliphatic heterocycles. The SMILES string of the molecule is CCC1(CC[C@]2(C)C(C)C(=O)C=C3[C@@]4(C)[C@H]5O[C@@]5(C#N)C(=O)C(C)(C)[C@@H]4CC[C@]32C)CCC(C)(C)CC1. The summed E-state index contributed by atoms with van der Waals surface area (Å²) in [6, 6.07) is 2.27. The molecule has 0 aromatic carbocycles. The summed E-state index contributed by atoms with van der Waals surface area (Å²) in [6.45, 7) is 20.3. The molecule has 0 bridgehead atoms. The van der Waals surface area contributed by atoms with E-state index >= 15 is 0 Å². The Hall–Kier alpha value is -1.47. The van der Waals surface area contributed by atoms with Crippen LogP contribution in [-0.4, -0.2) is 23.3 Å². The zero-order valence-electron chi connectivity index (χ0n) is 24.8. The first-order chi connectivity index (χ1) is 17.0. The molecule has 5 aliphatic rings. The van der Waals surface area contributed by atoms with Gasteiger partial charge in [0.05, 0.1) is 0 Å². The number of carbonyl (C=O) groups is 2. The maximum Gasteiger partial charge on any atom is 0.240 e. The molecular formula is C33H49NO3. The summed E-state index contributed by atoms with van der Waals surface area (Å²) < 4.78 is 6.10. The number of epoxide rings is 1. The summed E-state index contributed by atoms with van der Waals surface area (Å²) in [6.07, 6.45) is 11.9. The maximum absolute atomic E-state index is 13.8. The fraction of sp³-hybridized carbons (Fsp3) is 0.848. The third-order valence-corrected chi connectivity index (χ3v) is 13.5. The van der Waals surface area contributed by atoms with Crippen LogP contribution in [0.2, 0.25) is 0 Å². The van der Waals surface area contributed by atoms with Crippen LogP contribution in [0.15, 0.2) is 11.6 Å². The van der Waals surface area contributed by atoms with Crippen LogP contribution < -0.4 is 0 Å². The fourth-order valence-electron chi connectivity index (χ4n) is 9.95. The smallest absolute Gasteiger partial charge is 0.240 e. The average molecular weight is 508 g/mol. The van der Waals surface area contributed by atoms with Crippen molar-refractivity contribution >= 4 is 11.6 Å². The Morgan fingerprint density at radius 1 is 0.973 bits per heavy atom. The summed E-state index contributed by atoms with van der Waals surface area (Å²) in [5.74, 6) is 0.163. The minimum Gasteiger partial charge on any atom is -0.342 e. The van der Waals surface area contributed by atoms with Gasteiger partial charge in [0.15, 0.2) is 11.6 Å². The van der Waals surface area contributed by atoms with Crippen LogP contribution >= 0.6 is 0 Å². The van der Waals surface area contributed by atoms with Gasteiger partial charge in [0.25, 0.3) is 0 Å². The predicted octanol–water partition coefficient (Wildman–Crippen LogP) is 7.61. The summed E-state index contributed by atoms with van der Waals surface area (Å²) in [5, 5.41) is 10.1. The van der Waals surface area contributed by atoms with Gasteiger partial charge >= 0.3 is 0 Å². The molecule has 3 saturated carbocycles. The summed E-state index contributed by atoms with van der Waals surface area (Å²) in [7, 11) is 0. The van der Waals surface area contributed by atoms with E-state index in [0.717, 1.165) is 19.3 Å². The van der Waals surface area contributed by atoms with Crippen LogP contribution in [0.3, 0.4) is 0 Å². The van der Waals surface area contributed by atoms with E-state index in [1.54, 1.807) is 0 Å². The molecule has 0 aromatic rings. The number of ether oxygens (including phenoxy) is 1. The minimum absolute atomic E-state index is 0.0468. The molecule has 37 heavy (non-hydrogen) atoms. The van der Waals surface area contributed by atoms with Gasteiger partial charge in [-0.25, -0.2) is 0 Å². The van der Waals surface area contributed by atoms with Crippen LogP contribution in [0, 0.1) is 55.7 Å². The van der Waals surface area contributed by atoms with E-state index in [4.69, 9.17) is 4.74 Å². The number of hydrogen-bond acceptors (Lipinski definition) is 4. The first kappa shape index (κ1) is 27.1. The topological polar surface area (TPSA) is 70.5 Å². The molecule has 0 radical (unpaired) electrons. The number of fused-ring (bicyclic) bond motifs is 5. The number of hydrogen-bond donors (Lipinski definition) is 0. The van der Waals surface area contributed by atoms with Gasteiger partial charge in [0.1, 0.15) is 12.2 Å². The molecule has 0 aromatic heterocycles. The zero-order chi connectivity index (χ0) is 27.4. The van der Waals surface area contributed by atoms with Gasteiger partial charge in [-0.15, -0.1) is 0 Å². The highest BCUT2D eigenvalue weighted by atomic mass is 16.6. The lowest BCUT2D eigenvalue weighted by molar-refractivity contribution is -0.146. The Bertz CT molecular complexity index is 1100. The van der Waals surface area contributed by atoms with Crippen molar-refractivity contribution in [2.24, 2.45) is 44.3 Å². The highest BCUT2D eigenvalue weighted by Gasteiger charge is 2.82. The molecule has 0 N–H and O–H groups in total. The van der Waals surface area contributed by atoms with Crippen LogP contribution in [0.25, 0.3) is 0 Å². The molecule has 1 saturated heterocycles. The molecule has 4 fully saturated rings. The average Bonchev–Trinajstić information content (AvgIpc) is 3.60. The van der Waals surface area contributed by atoms with Gasteiger partial charge in [-0.2, -0.15) is 5.26 Å².